The fraction of sp³-hybridized carbons (Fsp3) is 0.528. The SMILES string of the molecule is COc1ccc(C(OC[C@H]2O[C@@H](n3cnc4c(NC(=O)NC(C(=O)OCC[Si](C)(C)C)C(C)O[Si](C)(C)C(C)(C)C)ncnc43)[C@H](O[Si](C)(C)C(C)(C)C)[C@@H]2O)(c2ccccc2)c2ccc(OC)cc2)cc1. The monoisotopic (exact) mass is 1040 g/mol. The maximum absolute atomic E-state index is 14.0. The van der Waals surface area contributed by atoms with Crippen molar-refractivity contribution in [2.75, 3.05) is 32.8 Å². The summed E-state index contributed by atoms with van der Waals surface area (Å²) in [5.74, 6) is 0.885. The van der Waals surface area contributed by atoms with Gasteiger partial charge in [0.2, 0.25) is 0 Å². The van der Waals surface area contributed by atoms with Crippen LogP contribution in [0.1, 0.15) is 71.4 Å². The van der Waals surface area contributed by atoms with E-state index < -0.39 is 79.0 Å². The molecular weight excluding hydrogens is 965 g/mol. The number of imidazole rings is 1. The number of benzene rings is 3. The Balaban J connectivity index is 1.34. The smallest absolute Gasteiger partial charge is 0.331 e. The maximum atomic E-state index is 14.0. The number of rotatable bonds is 20. The van der Waals surface area contributed by atoms with Gasteiger partial charge in [0.05, 0.1) is 39.9 Å². The van der Waals surface area contributed by atoms with E-state index in [1.165, 1.54) is 6.33 Å². The van der Waals surface area contributed by atoms with Crippen molar-refractivity contribution in [2.24, 2.45) is 0 Å². The number of nitrogens with zero attached hydrogens (tertiary/aromatic N) is 4. The summed E-state index contributed by atoms with van der Waals surface area (Å²) < 4.78 is 46.4. The number of hydrogen-bond acceptors (Lipinski definition) is 13. The third kappa shape index (κ3) is 12.7. The highest BCUT2D eigenvalue weighted by molar-refractivity contribution is 6.76. The fourth-order valence-electron chi connectivity index (χ4n) is 8.04. The Labute approximate surface area is 429 Å². The first kappa shape index (κ1) is 56.3. The predicted molar refractivity (Wildman–Crippen MR) is 288 cm³/mol. The molecule has 0 saturated carbocycles. The lowest BCUT2D eigenvalue weighted by Crippen LogP contribution is -2.55. The first-order valence-corrected chi connectivity index (χ1v) is 34.2. The number of carbonyl (C=O) groups excluding carboxylic acids is 2. The number of nitrogens with one attached hydrogen (secondary N) is 2. The first-order valence-electron chi connectivity index (χ1n) is 24.7. The van der Waals surface area contributed by atoms with E-state index in [2.05, 4.69) is 108 Å². The molecule has 1 fully saturated rings. The molecule has 0 aliphatic carbocycles. The van der Waals surface area contributed by atoms with Crippen molar-refractivity contribution in [3.8, 4) is 11.5 Å². The van der Waals surface area contributed by atoms with Gasteiger partial charge in [0.25, 0.3) is 0 Å². The minimum atomic E-state index is -2.59. The molecule has 2 amide bonds. The molecule has 6 atom stereocenters. The average Bonchev–Trinajstić information content (AvgIpc) is 3.88. The zero-order valence-electron chi connectivity index (χ0n) is 45.2. The Morgan fingerprint density at radius 2 is 1.33 bits per heavy atom. The molecule has 0 radical (unpaired) electrons. The zero-order chi connectivity index (χ0) is 53.0. The maximum Gasteiger partial charge on any atom is 0.331 e. The number of carbonyl (C=O) groups is 2. The van der Waals surface area contributed by atoms with Gasteiger partial charge in [-0.1, -0.05) is 116 Å². The Hall–Kier alpha value is -5.00. The van der Waals surface area contributed by atoms with E-state index in [1.54, 1.807) is 32.0 Å². The molecule has 1 saturated heterocycles. The number of amides is 2. The third-order valence-corrected chi connectivity index (χ3v) is 25.2. The second-order valence-electron chi connectivity index (χ2n) is 22.9. The highest BCUT2D eigenvalue weighted by Gasteiger charge is 2.52. The van der Waals surface area contributed by atoms with Crippen molar-refractivity contribution < 1.29 is 47.2 Å². The van der Waals surface area contributed by atoms with Gasteiger partial charge in [0, 0.05) is 8.07 Å². The summed E-state index contributed by atoms with van der Waals surface area (Å²) in [5, 5.41) is 17.8. The van der Waals surface area contributed by atoms with E-state index in [0.29, 0.717) is 17.1 Å². The molecule has 0 bridgehead atoms. The number of methoxy groups -OCH3 is 2. The van der Waals surface area contributed by atoms with Gasteiger partial charge >= 0.3 is 12.0 Å². The molecular formula is C53H78N6O10Si3. The number of hydrogen-bond donors (Lipinski definition) is 3. The van der Waals surface area contributed by atoms with E-state index >= 15 is 0 Å². The third-order valence-electron chi connectivity index (χ3n) is 14.4. The van der Waals surface area contributed by atoms with Crippen LogP contribution in [0.5, 0.6) is 11.5 Å². The first-order chi connectivity index (χ1) is 33.6. The number of fused-ring (bicyclic) bond motifs is 1. The van der Waals surface area contributed by atoms with Crippen LogP contribution in [-0.2, 0) is 33.5 Å². The minimum absolute atomic E-state index is 0.0735. The Bertz CT molecular complexity index is 2550. The molecule has 3 N–H and O–H groups in total. The predicted octanol–water partition coefficient (Wildman–Crippen LogP) is 10.3. The summed E-state index contributed by atoms with van der Waals surface area (Å²) in [7, 11) is -3.24. The van der Waals surface area contributed by atoms with Crippen molar-refractivity contribution in [1.82, 2.24) is 24.8 Å². The van der Waals surface area contributed by atoms with Gasteiger partial charge in [-0.25, -0.2) is 24.5 Å². The van der Waals surface area contributed by atoms with E-state index in [4.69, 9.17) is 37.5 Å². The van der Waals surface area contributed by atoms with Gasteiger partial charge in [-0.3, -0.25) is 9.88 Å². The average molecular weight is 1040 g/mol. The summed E-state index contributed by atoms with van der Waals surface area (Å²) in [6.07, 6.45) is -1.77. The van der Waals surface area contributed by atoms with Crippen LogP contribution in [0.15, 0.2) is 91.5 Å². The van der Waals surface area contributed by atoms with Gasteiger partial charge in [0.1, 0.15) is 41.7 Å². The van der Waals surface area contributed by atoms with Gasteiger partial charge in [-0.2, -0.15) is 0 Å². The minimum Gasteiger partial charge on any atom is -0.497 e. The van der Waals surface area contributed by atoms with Crippen LogP contribution in [0.3, 0.4) is 0 Å². The molecule has 72 heavy (non-hydrogen) atoms. The van der Waals surface area contributed by atoms with Crippen LogP contribution in [0.2, 0.25) is 61.9 Å². The largest absolute Gasteiger partial charge is 0.497 e. The number of urea groups is 1. The molecule has 392 valence electrons. The molecule has 2 unspecified atom stereocenters. The summed E-state index contributed by atoms with van der Waals surface area (Å²) in [4.78, 5) is 41.5. The molecule has 1 aliphatic heterocycles. The standard InChI is InChI=1S/C53H78N6O10Si3/c1-35(68-71(13,14)51(2,3)4)42(49(61)65-30-31-70(10,11)12)57-50(62)58-46-43-47(55-33-54-46)59(34-56-43)48-45(69-72(15,16)52(5,6)7)44(60)41(67-48)32-66-53(36-20-18-17-19-21-36,37-22-26-39(63-8)27-23-37)38-24-28-40(64-9)29-25-38/h17-29,33-35,41-42,44-45,48,60H,30-32H2,1-16H3,(H2,54,55,57,58,62)/t35?,41-,42?,44-,45-,48-/m1/s1. The molecule has 19 heteroatoms. The van der Waals surface area contributed by atoms with Gasteiger partial charge < -0.3 is 43.0 Å². The number of anilines is 1. The Morgan fingerprint density at radius 3 is 1.86 bits per heavy atom. The molecule has 3 aromatic carbocycles. The number of aliphatic hydroxyl groups is 1. The van der Waals surface area contributed by atoms with E-state index in [9.17, 15) is 14.7 Å². The molecule has 3 heterocycles. The van der Waals surface area contributed by atoms with Crippen LogP contribution >= 0.6 is 0 Å². The fourth-order valence-corrected chi connectivity index (χ4v) is 11.5. The van der Waals surface area contributed by atoms with Crippen LogP contribution in [0, 0.1) is 0 Å². The van der Waals surface area contributed by atoms with Crippen molar-refractivity contribution >= 4 is 53.7 Å². The van der Waals surface area contributed by atoms with Crippen molar-refractivity contribution in [3.05, 3.63) is 108 Å². The number of aromatic nitrogens is 4. The topological polar surface area (TPSA) is 187 Å². The molecule has 2 aromatic heterocycles. The number of aliphatic hydroxyl groups excluding tert-OH is 1. The van der Waals surface area contributed by atoms with Crippen molar-refractivity contribution in [3.63, 3.8) is 0 Å². The van der Waals surface area contributed by atoms with Gasteiger partial charge in [-0.05, 0) is 90.2 Å². The van der Waals surface area contributed by atoms with Gasteiger partial charge in [0.15, 0.2) is 45.9 Å². The van der Waals surface area contributed by atoms with Crippen LogP contribution < -0.4 is 20.1 Å². The molecule has 0 spiro atoms. The molecule has 5 aromatic rings. The highest BCUT2D eigenvalue weighted by atomic mass is 28.4. The second kappa shape index (κ2) is 22.2. The van der Waals surface area contributed by atoms with E-state index in [-0.39, 0.29) is 34.6 Å². The molecule has 16 nitrogen and oxygen atoms in total. The summed E-state index contributed by atoms with van der Waals surface area (Å²) in [6, 6.07) is 24.3. The zero-order valence-corrected chi connectivity index (χ0v) is 48.2. The normalized spacial score (nSPS) is 18.9. The van der Waals surface area contributed by atoms with E-state index in [0.717, 1.165) is 22.7 Å². The number of esters is 1. The highest BCUT2D eigenvalue weighted by Crippen LogP contribution is 2.46. The van der Waals surface area contributed by atoms with Crippen LogP contribution in [0.25, 0.3) is 11.2 Å². The summed E-state index contributed by atoms with van der Waals surface area (Å²) in [5.41, 5.74) is 1.87. The molecule has 6 rings (SSSR count). The quantitative estimate of drug-likeness (QED) is 0.0380. The van der Waals surface area contributed by atoms with Crippen LogP contribution in [-0.4, -0.2) is 119 Å². The molecule has 1 aliphatic rings. The van der Waals surface area contributed by atoms with Gasteiger partial charge in [-0.15, -0.1) is 0 Å². The summed E-state index contributed by atoms with van der Waals surface area (Å²) >= 11 is 0. The van der Waals surface area contributed by atoms with Crippen LogP contribution in [0.4, 0.5) is 10.6 Å². The van der Waals surface area contributed by atoms with E-state index in [1.807, 2.05) is 78.9 Å². The van der Waals surface area contributed by atoms with Crippen molar-refractivity contribution in [1.29, 1.82) is 0 Å². The number of ether oxygens (including phenoxy) is 5. The Morgan fingerprint density at radius 1 is 0.778 bits per heavy atom. The van der Waals surface area contributed by atoms with Crippen molar-refractivity contribution in [2.45, 2.75) is 153 Å². The lowest BCUT2D eigenvalue weighted by atomic mass is 9.80. The lowest BCUT2D eigenvalue weighted by Gasteiger charge is -2.40. The summed E-state index contributed by atoms with van der Waals surface area (Å²) in [6.45, 7) is 29.8. The lowest BCUT2D eigenvalue weighted by molar-refractivity contribution is -0.147. The Kier molecular flexibility index (Phi) is 17.4. The second-order valence-corrected chi connectivity index (χ2v) is 38.0.